The molecule has 3 aromatic heterocycles. The van der Waals surface area contributed by atoms with Gasteiger partial charge in [0.25, 0.3) is 0 Å². The van der Waals surface area contributed by atoms with Crippen LogP contribution in [0.1, 0.15) is 54.0 Å². The van der Waals surface area contributed by atoms with E-state index in [0.717, 1.165) is 39.9 Å². The maximum absolute atomic E-state index is 5.46. The summed E-state index contributed by atoms with van der Waals surface area (Å²) >= 11 is 5.38. The Labute approximate surface area is 354 Å². The zero-order valence-electron chi connectivity index (χ0n) is 32.5. The Bertz CT molecular complexity index is 2660. The fraction of sp³-hybridized carbons (Fsp3) is 0.140. The summed E-state index contributed by atoms with van der Waals surface area (Å²) in [7, 11) is -2.40. The molecule has 1 aliphatic rings. The zero-order chi connectivity index (χ0) is 39.4. The van der Waals surface area contributed by atoms with E-state index in [1.807, 2.05) is 24.9 Å². The van der Waals surface area contributed by atoms with Crippen LogP contribution >= 0.6 is 29.9 Å². The third-order valence-corrected chi connectivity index (χ3v) is 18.4. The summed E-state index contributed by atoms with van der Waals surface area (Å²) in [6.45, 7) is 8.62. The van der Waals surface area contributed by atoms with E-state index in [9.17, 15) is 0 Å². The third kappa shape index (κ3) is 7.43. The molecule has 7 aromatic rings. The third-order valence-electron chi connectivity index (χ3n) is 10.9. The summed E-state index contributed by atoms with van der Waals surface area (Å²) in [5.41, 5.74) is 10.3. The summed E-state index contributed by atoms with van der Waals surface area (Å²) in [5, 5.41) is 14.2. The van der Waals surface area contributed by atoms with Gasteiger partial charge in [0.05, 0.1) is 0 Å². The van der Waals surface area contributed by atoms with E-state index in [0.29, 0.717) is 0 Å². The van der Waals surface area contributed by atoms with Gasteiger partial charge in [-0.1, -0.05) is 6.08 Å². The van der Waals surface area contributed by atoms with Gasteiger partial charge in [-0.15, -0.1) is 11.3 Å². The van der Waals surface area contributed by atoms with Gasteiger partial charge in [-0.2, -0.15) is 0 Å². The second-order valence-electron chi connectivity index (χ2n) is 14.1. The monoisotopic (exact) mass is 974 g/mol. The number of hydrogen-bond acceptors (Lipinski definition) is 5. The summed E-state index contributed by atoms with van der Waals surface area (Å²) < 4.78 is 9.35. The van der Waals surface area contributed by atoms with Crippen molar-refractivity contribution in [3.63, 3.8) is 0 Å². The average Bonchev–Trinajstić information content (AvgIpc) is 4.10. The van der Waals surface area contributed by atoms with Crippen molar-refractivity contribution in [2.24, 2.45) is 0 Å². The molecule has 0 bridgehead atoms. The molecule has 0 spiro atoms. The summed E-state index contributed by atoms with van der Waals surface area (Å²) in [6, 6.07) is 42.1. The SMILES string of the molecule is CC=C1CCCC1=CC(/C=C/c1ccc(-c2c(C)c(C)c(-c3ccc(/C=C/C)s3)c3nonc23)s1)=C([C]#[Os])[P+](c1ccccc1)(c1ccccc1)c1ccccc1. The van der Waals surface area contributed by atoms with Crippen molar-refractivity contribution in [1.29, 1.82) is 0 Å². The van der Waals surface area contributed by atoms with E-state index in [1.54, 1.807) is 22.7 Å². The van der Waals surface area contributed by atoms with Gasteiger partial charge in [0.1, 0.15) is 0 Å². The van der Waals surface area contributed by atoms with Crippen LogP contribution in [0.3, 0.4) is 0 Å². The Hall–Kier alpha value is -4.77. The standard InChI is InChI=1S/C50H43N2OPS2.Os/c1-6-18-43-29-31-45(55-43)47-34(3)35(4)48(50-49(47)51-53-52-50)46-32-30-44(56-46)28-27-38(33-39-20-17-19-37(39)7-2)36(5)54(40-21-11-8-12-22-40,41-23-13-9-14-24-41)42-25-15-10-16-26-42;/h6-16,18,21-33H,17,19-20H2,1-4H3;/q+1;/b18-6+,28-27+,37-7?,38-36?,39-33?;. The molecule has 0 atom stereocenters. The number of rotatable bonds is 10. The van der Waals surface area contributed by atoms with Crippen LogP contribution in [-0.2, 0) is 17.9 Å². The molecule has 0 radical (unpaired) electrons. The molecule has 1 saturated carbocycles. The van der Waals surface area contributed by atoms with Crippen LogP contribution in [0.4, 0.5) is 0 Å². The molecule has 3 nitrogen and oxygen atoms in total. The van der Waals surface area contributed by atoms with Crippen LogP contribution in [0.5, 0.6) is 0 Å². The average molecular weight is 973 g/mol. The van der Waals surface area contributed by atoms with Gasteiger partial charge in [-0.05, 0) is 25.1 Å². The quantitative estimate of drug-likeness (QED) is 0.101. The van der Waals surface area contributed by atoms with Gasteiger partial charge in [-0.25, -0.2) is 0 Å². The van der Waals surface area contributed by atoms with Crippen molar-refractivity contribution in [3.05, 3.63) is 182 Å². The van der Waals surface area contributed by atoms with E-state index in [2.05, 4.69) is 187 Å². The van der Waals surface area contributed by atoms with E-state index in [4.69, 9.17) is 4.63 Å². The van der Waals surface area contributed by atoms with Crippen LogP contribution in [0, 0.1) is 18.2 Å². The van der Waals surface area contributed by atoms with E-state index >= 15 is 0 Å². The van der Waals surface area contributed by atoms with Crippen LogP contribution in [0.2, 0.25) is 0 Å². The maximum atomic E-state index is 5.46. The molecule has 0 unspecified atom stereocenters. The van der Waals surface area contributed by atoms with Gasteiger partial charge in [-0.3, -0.25) is 0 Å². The second kappa shape index (κ2) is 17.4. The minimum absolute atomic E-state index is 0.804. The Morgan fingerprint density at radius 2 is 1.16 bits per heavy atom. The van der Waals surface area contributed by atoms with Crippen LogP contribution in [-0.4, -0.2) is 10.3 Å². The van der Waals surface area contributed by atoms with E-state index in [1.165, 1.54) is 70.1 Å². The first-order chi connectivity index (χ1) is 28.0. The normalized spacial score (nSPS) is 15.4. The predicted molar refractivity (Wildman–Crippen MR) is 243 cm³/mol. The molecule has 1 fully saturated rings. The molecule has 57 heavy (non-hydrogen) atoms. The van der Waals surface area contributed by atoms with Crippen LogP contribution < -0.4 is 15.9 Å². The molecule has 7 heteroatoms. The van der Waals surface area contributed by atoms with Crippen molar-refractivity contribution in [2.75, 3.05) is 0 Å². The Morgan fingerprint density at radius 1 is 0.667 bits per heavy atom. The number of nitrogens with zero attached hydrogens (tertiary/aromatic N) is 2. The topological polar surface area (TPSA) is 38.9 Å². The molecule has 0 N–H and O–H groups in total. The number of aromatic nitrogens is 2. The van der Waals surface area contributed by atoms with Crippen molar-refractivity contribution in [2.45, 2.75) is 47.0 Å². The minimum atomic E-state index is -2.40. The number of hydrogen-bond donors (Lipinski definition) is 0. The van der Waals surface area contributed by atoms with Crippen molar-refractivity contribution >= 4 is 69.0 Å². The molecular formula is C50H43N2OOsPS2+. The number of fused-ring (bicyclic) bond motifs is 1. The first-order valence-corrected chi connectivity index (χ1v) is 24.0. The number of thiophene rings is 2. The van der Waals surface area contributed by atoms with Gasteiger partial charge in [0, 0.05) is 9.75 Å². The predicted octanol–water partition coefficient (Wildman–Crippen LogP) is 13.2. The first-order valence-electron chi connectivity index (χ1n) is 19.3. The number of benzene rings is 4. The molecule has 8 rings (SSSR count). The molecular weight excluding hydrogens is 930 g/mol. The van der Waals surface area contributed by atoms with Crippen molar-refractivity contribution in [3.8, 4) is 25.3 Å². The van der Waals surface area contributed by atoms with Crippen molar-refractivity contribution < 1.29 is 22.6 Å². The zero-order valence-corrected chi connectivity index (χ0v) is 37.5. The summed E-state index contributed by atoms with van der Waals surface area (Å²) in [4.78, 5) is 4.70. The van der Waals surface area contributed by atoms with Gasteiger partial charge in [0.2, 0.25) is 0 Å². The van der Waals surface area contributed by atoms with Crippen LogP contribution in [0.25, 0.3) is 44.1 Å². The summed E-state index contributed by atoms with van der Waals surface area (Å²) in [5.74, 6) is 0. The molecule has 0 aliphatic heterocycles. The Morgan fingerprint density at radius 3 is 1.63 bits per heavy atom. The molecule has 3 heterocycles. The fourth-order valence-corrected chi connectivity index (χ4v) is 16.0. The van der Waals surface area contributed by atoms with E-state index < -0.39 is 7.26 Å². The molecule has 0 saturated heterocycles. The van der Waals surface area contributed by atoms with Gasteiger partial charge >= 0.3 is 304 Å². The second-order valence-corrected chi connectivity index (χ2v) is 20.3. The van der Waals surface area contributed by atoms with E-state index in [-0.39, 0.29) is 0 Å². The molecule has 0 amide bonds. The Balaban J connectivity index is 1.31. The summed E-state index contributed by atoms with van der Waals surface area (Å²) in [6.07, 6.45) is 17.0. The Kier molecular flexibility index (Phi) is 11.9. The van der Waals surface area contributed by atoms with Crippen molar-refractivity contribution in [1.82, 2.24) is 10.3 Å². The fourth-order valence-electron chi connectivity index (χ4n) is 8.10. The number of allylic oxidation sites excluding steroid dienone is 8. The molecule has 4 aromatic carbocycles. The van der Waals surface area contributed by atoms with Gasteiger partial charge in [0.15, 0.2) is 0 Å². The van der Waals surface area contributed by atoms with Crippen LogP contribution in [0.15, 0.2) is 166 Å². The van der Waals surface area contributed by atoms with Gasteiger partial charge < -0.3 is 0 Å². The first kappa shape index (κ1) is 39.1. The molecule has 283 valence electrons. The molecule has 1 aliphatic carbocycles.